The summed E-state index contributed by atoms with van der Waals surface area (Å²) in [5.41, 5.74) is 1.56. The molecule has 3 aromatic rings. The number of aromatic hydroxyl groups is 1. The zero-order valence-corrected chi connectivity index (χ0v) is 11.7. The fraction of sp³-hybridized carbons (Fsp3) is 0.0714. The van der Waals surface area contributed by atoms with Crippen molar-refractivity contribution >= 4 is 17.3 Å². The lowest BCUT2D eigenvalue weighted by Gasteiger charge is -2.09. The average Bonchev–Trinajstić information content (AvgIpc) is 3.04. The number of pyridine rings is 1. The smallest absolute Gasteiger partial charge is 0.155 e. The highest BCUT2D eigenvalue weighted by Crippen LogP contribution is 2.27. The van der Waals surface area contributed by atoms with Gasteiger partial charge in [-0.2, -0.15) is 5.10 Å². The van der Waals surface area contributed by atoms with E-state index in [-0.39, 0.29) is 5.75 Å². The van der Waals surface area contributed by atoms with Crippen LogP contribution in [0.1, 0.15) is 5.56 Å². The lowest BCUT2D eigenvalue weighted by Crippen LogP contribution is -2.02. The number of halogens is 1. The molecule has 7 heteroatoms. The third kappa shape index (κ3) is 2.95. The Bertz CT molecular complexity index is 728. The van der Waals surface area contributed by atoms with E-state index in [4.69, 9.17) is 11.6 Å². The summed E-state index contributed by atoms with van der Waals surface area (Å²) in [5, 5.41) is 17.4. The van der Waals surface area contributed by atoms with Gasteiger partial charge in [0.25, 0.3) is 0 Å². The van der Waals surface area contributed by atoms with Crippen LogP contribution in [-0.4, -0.2) is 24.9 Å². The van der Waals surface area contributed by atoms with E-state index >= 15 is 0 Å². The molecule has 106 valence electrons. The summed E-state index contributed by atoms with van der Waals surface area (Å²) >= 11 is 5.87. The molecule has 0 amide bonds. The van der Waals surface area contributed by atoms with Crippen LogP contribution in [0.15, 0.2) is 49.2 Å². The number of phenolic OH excluding ortho intramolecular Hbond substituents is 1. The van der Waals surface area contributed by atoms with Gasteiger partial charge in [-0.05, 0) is 18.2 Å². The molecule has 0 aliphatic rings. The van der Waals surface area contributed by atoms with Crippen LogP contribution in [0.4, 0.5) is 5.69 Å². The van der Waals surface area contributed by atoms with E-state index in [1.165, 1.54) is 6.33 Å². The predicted octanol–water partition coefficient (Wildman–Crippen LogP) is 2.63. The Morgan fingerprint density at radius 1 is 1.24 bits per heavy atom. The zero-order chi connectivity index (χ0) is 14.7. The second kappa shape index (κ2) is 5.80. The molecule has 0 radical (unpaired) electrons. The Morgan fingerprint density at radius 2 is 2.14 bits per heavy atom. The summed E-state index contributed by atoms with van der Waals surface area (Å²) in [6.07, 6.45) is 4.73. The number of hydrogen-bond donors (Lipinski definition) is 2. The molecule has 1 aromatic carbocycles. The average molecular weight is 302 g/mol. The van der Waals surface area contributed by atoms with E-state index in [0.717, 1.165) is 11.3 Å². The molecule has 0 bridgehead atoms. The fourth-order valence-electron chi connectivity index (χ4n) is 1.85. The molecule has 0 fully saturated rings. The standard InChI is InChI=1S/C14H12ClN5O/c15-12-3-1-2-10(14(12)21)6-17-11-4-5-13(18-7-11)20-9-16-8-19-20/h1-5,7-9,17,21H,6H2. The Labute approximate surface area is 126 Å². The van der Waals surface area contributed by atoms with E-state index < -0.39 is 0 Å². The second-order valence-electron chi connectivity index (χ2n) is 4.35. The molecule has 0 spiro atoms. The molecule has 2 heterocycles. The Balaban J connectivity index is 1.70. The van der Waals surface area contributed by atoms with Crippen molar-refractivity contribution in [2.45, 2.75) is 6.54 Å². The first-order valence-electron chi connectivity index (χ1n) is 6.25. The first-order valence-corrected chi connectivity index (χ1v) is 6.63. The van der Waals surface area contributed by atoms with Gasteiger partial charge in [-0.15, -0.1) is 0 Å². The molecular formula is C14H12ClN5O. The van der Waals surface area contributed by atoms with Crippen LogP contribution in [-0.2, 0) is 6.54 Å². The maximum atomic E-state index is 9.84. The number of rotatable bonds is 4. The van der Waals surface area contributed by atoms with Gasteiger partial charge >= 0.3 is 0 Å². The number of hydrogen-bond acceptors (Lipinski definition) is 5. The van der Waals surface area contributed by atoms with Crippen molar-refractivity contribution in [1.82, 2.24) is 19.7 Å². The Morgan fingerprint density at radius 3 is 2.86 bits per heavy atom. The molecule has 6 nitrogen and oxygen atoms in total. The quantitative estimate of drug-likeness (QED) is 0.775. The molecule has 0 aliphatic heterocycles. The molecule has 3 rings (SSSR count). The molecule has 2 aromatic heterocycles. The van der Waals surface area contributed by atoms with Crippen LogP contribution in [0.2, 0.25) is 5.02 Å². The monoisotopic (exact) mass is 301 g/mol. The predicted molar refractivity (Wildman–Crippen MR) is 79.6 cm³/mol. The third-order valence-corrected chi connectivity index (χ3v) is 3.26. The van der Waals surface area contributed by atoms with Crippen LogP contribution in [0.25, 0.3) is 5.82 Å². The molecule has 0 saturated heterocycles. The van der Waals surface area contributed by atoms with Crippen molar-refractivity contribution in [2.24, 2.45) is 0 Å². The number of anilines is 1. The summed E-state index contributed by atoms with van der Waals surface area (Å²) in [6.45, 7) is 0.455. The molecule has 0 unspecified atom stereocenters. The zero-order valence-electron chi connectivity index (χ0n) is 10.9. The van der Waals surface area contributed by atoms with Crippen LogP contribution >= 0.6 is 11.6 Å². The van der Waals surface area contributed by atoms with E-state index in [1.807, 2.05) is 18.2 Å². The van der Waals surface area contributed by atoms with Gasteiger partial charge in [0.15, 0.2) is 5.82 Å². The van der Waals surface area contributed by atoms with Gasteiger partial charge in [-0.3, -0.25) is 0 Å². The first kappa shape index (κ1) is 13.4. The van der Waals surface area contributed by atoms with Crippen LogP contribution in [0, 0.1) is 0 Å². The van der Waals surface area contributed by atoms with Gasteiger partial charge in [0, 0.05) is 12.1 Å². The SMILES string of the molecule is Oc1c(Cl)cccc1CNc1ccc(-n2cncn2)nc1. The largest absolute Gasteiger partial charge is 0.506 e. The lowest BCUT2D eigenvalue weighted by molar-refractivity contribution is 0.469. The summed E-state index contributed by atoms with van der Waals surface area (Å²) < 4.78 is 1.58. The Hall–Kier alpha value is -2.60. The summed E-state index contributed by atoms with van der Waals surface area (Å²) in [6, 6.07) is 8.96. The minimum atomic E-state index is 0.0962. The highest BCUT2D eigenvalue weighted by atomic mass is 35.5. The van der Waals surface area contributed by atoms with Gasteiger partial charge in [-0.25, -0.2) is 14.6 Å². The van der Waals surface area contributed by atoms with Gasteiger partial charge in [-0.1, -0.05) is 23.7 Å². The van der Waals surface area contributed by atoms with Crippen molar-refractivity contribution in [3.63, 3.8) is 0 Å². The summed E-state index contributed by atoms with van der Waals surface area (Å²) in [7, 11) is 0. The van der Waals surface area contributed by atoms with Gasteiger partial charge < -0.3 is 10.4 Å². The van der Waals surface area contributed by atoms with Crippen LogP contribution in [0.5, 0.6) is 5.75 Å². The van der Waals surface area contributed by atoms with Crippen LogP contribution < -0.4 is 5.32 Å². The number of nitrogens with one attached hydrogen (secondary N) is 1. The van der Waals surface area contributed by atoms with E-state index in [0.29, 0.717) is 17.4 Å². The number of benzene rings is 1. The van der Waals surface area contributed by atoms with Crippen LogP contribution in [0.3, 0.4) is 0 Å². The van der Waals surface area contributed by atoms with Gasteiger partial charge in [0.05, 0.1) is 16.9 Å². The van der Waals surface area contributed by atoms with Gasteiger partial charge in [0.1, 0.15) is 18.4 Å². The molecule has 0 atom stereocenters. The fourth-order valence-corrected chi connectivity index (χ4v) is 2.05. The number of phenols is 1. The molecular weight excluding hydrogens is 290 g/mol. The highest BCUT2D eigenvalue weighted by Gasteiger charge is 2.05. The molecule has 0 saturated carbocycles. The van der Waals surface area contributed by atoms with Gasteiger partial charge in [0.2, 0.25) is 0 Å². The van der Waals surface area contributed by atoms with Crippen molar-refractivity contribution in [1.29, 1.82) is 0 Å². The Kier molecular flexibility index (Phi) is 3.70. The topological polar surface area (TPSA) is 75.9 Å². The minimum Gasteiger partial charge on any atom is -0.506 e. The minimum absolute atomic E-state index is 0.0962. The summed E-state index contributed by atoms with van der Waals surface area (Å²) in [5.74, 6) is 0.780. The molecule has 21 heavy (non-hydrogen) atoms. The van der Waals surface area contributed by atoms with Crippen molar-refractivity contribution in [2.75, 3.05) is 5.32 Å². The van der Waals surface area contributed by atoms with Crippen molar-refractivity contribution < 1.29 is 5.11 Å². The van der Waals surface area contributed by atoms with E-state index in [2.05, 4.69) is 20.4 Å². The highest BCUT2D eigenvalue weighted by molar-refractivity contribution is 6.32. The van der Waals surface area contributed by atoms with E-state index in [1.54, 1.807) is 29.3 Å². The van der Waals surface area contributed by atoms with Crippen molar-refractivity contribution in [3.05, 3.63) is 59.8 Å². The number of nitrogens with zero attached hydrogens (tertiary/aromatic N) is 4. The maximum absolute atomic E-state index is 9.84. The number of aromatic nitrogens is 4. The third-order valence-electron chi connectivity index (χ3n) is 2.95. The first-order chi connectivity index (χ1) is 10.2. The second-order valence-corrected chi connectivity index (χ2v) is 4.75. The van der Waals surface area contributed by atoms with Crippen molar-refractivity contribution in [3.8, 4) is 11.6 Å². The van der Waals surface area contributed by atoms with E-state index in [9.17, 15) is 5.11 Å². The molecule has 2 N–H and O–H groups in total. The normalized spacial score (nSPS) is 10.5. The summed E-state index contributed by atoms with van der Waals surface area (Å²) in [4.78, 5) is 8.15. The maximum Gasteiger partial charge on any atom is 0.155 e. The molecule has 0 aliphatic carbocycles. The number of para-hydroxylation sites is 1. The lowest BCUT2D eigenvalue weighted by atomic mass is 10.2.